The van der Waals surface area contributed by atoms with E-state index in [0.29, 0.717) is 36.4 Å². The monoisotopic (exact) mass is 293 g/mol. The van der Waals surface area contributed by atoms with Crippen molar-refractivity contribution in [2.75, 3.05) is 19.7 Å². The number of hydrogen-bond acceptors (Lipinski definition) is 5. The highest BCUT2D eigenvalue weighted by Gasteiger charge is 2.11. The first-order valence-electron chi connectivity index (χ1n) is 6.25. The van der Waals surface area contributed by atoms with Crippen molar-refractivity contribution >= 4 is 11.6 Å². The Morgan fingerprint density at radius 1 is 1.30 bits per heavy atom. The number of halogens is 1. The van der Waals surface area contributed by atoms with E-state index in [1.165, 1.54) is 0 Å². The maximum absolute atomic E-state index is 9.00. The van der Waals surface area contributed by atoms with Crippen LogP contribution in [0.3, 0.4) is 0 Å². The molecule has 0 radical (unpaired) electrons. The molecule has 1 aromatic carbocycles. The molecule has 106 valence electrons. The highest BCUT2D eigenvalue weighted by molar-refractivity contribution is 6.30. The van der Waals surface area contributed by atoms with Crippen LogP contribution in [0.4, 0.5) is 0 Å². The SMILES string of the molecule is C=CCN(CCO)Cc1nnc(-c2ccc(Cl)cc2)o1. The van der Waals surface area contributed by atoms with Crippen molar-refractivity contribution in [1.29, 1.82) is 0 Å². The number of aliphatic hydroxyl groups excluding tert-OH is 1. The third-order valence-electron chi connectivity index (χ3n) is 2.72. The molecule has 0 bridgehead atoms. The van der Waals surface area contributed by atoms with Crippen molar-refractivity contribution in [3.63, 3.8) is 0 Å². The van der Waals surface area contributed by atoms with Gasteiger partial charge in [0.05, 0.1) is 13.2 Å². The molecule has 1 aromatic heterocycles. The zero-order valence-corrected chi connectivity index (χ0v) is 11.8. The Balaban J connectivity index is 2.08. The fourth-order valence-electron chi connectivity index (χ4n) is 1.78. The van der Waals surface area contributed by atoms with Gasteiger partial charge >= 0.3 is 0 Å². The van der Waals surface area contributed by atoms with Crippen LogP contribution in [0.2, 0.25) is 5.02 Å². The molecule has 0 aliphatic heterocycles. The molecule has 0 aliphatic rings. The van der Waals surface area contributed by atoms with E-state index in [1.807, 2.05) is 17.0 Å². The predicted octanol–water partition coefficient (Wildman–Crippen LogP) is 2.37. The molecule has 5 nitrogen and oxygen atoms in total. The van der Waals surface area contributed by atoms with E-state index in [2.05, 4.69) is 16.8 Å². The van der Waals surface area contributed by atoms with Crippen molar-refractivity contribution in [3.8, 4) is 11.5 Å². The van der Waals surface area contributed by atoms with Gasteiger partial charge in [-0.1, -0.05) is 17.7 Å². The summed E-state index contributed by atoms with van der Waals surface area (Å²) < 4.78 is 5.61. The van der Waals surface area contributed by atoms with E-state index >= 15 is 0 Å². The van der Waals surface area contributed by atoms with E-state index in [4.69, 9.17) is 21.1 Å². The molecule has 0 aliphatic carbocycles. The molecule has 1 N–H and O–H groups in total. The lowest BCUT2D eigenvalue weighted by Gasteiger charge is -2.16. The minimum atomic E-state index is 0.0754. The number of benzene rings is 1. The summed E-state index contributed by atoms with van der Waals surface area (Å²) in [7, 11) is 0. The second-order valence-corrected chi connectivity index (χ2v) is 4.69. The Labute approximate surface area is 122 Å². The normalized spacial score (nSPS) is 10.9. The lowest BCUT2D eigenvalue weighted by molar-refractivity contribution is 0.192. The van der Waals surface area contributed by atoms with Crippen LogP contribution in [0, 0.1) is 0 Å². The second kappa shape index (κ2) is 7.19. The maximum Gasteiger partial charge on any atom is 0.247 e. The summed E-state index contributed by atoms with van der Waals surface area (Å²) >= 11 is 5.84. The maximum atomic E-state index is 9.00. The highest BCUT2D eigenvalue weighted by Crippen LogP contribution is 2.20. The zero-order chi connectivity index (χ0) is 14.4. The Hall–Kier alpha value is -1.69. The van der Waals surface area contributed by atoms with Gasteiger partial charge in [-0.2, -0.15) is 0 Å². The standard InChI is InChI=1S/C14H16ClN3O2/c1-2-7-18(8-9-19)10-13-16-17-14(20-13)11-3-5-12(15)6-4-11/h2-6,19H,1,7-10H2. The van der Waals surface area contributed by atoms with E-state index < -0.39 is 0 Å². The first-order chi connectivity index (χ1) is 9.72. The summed E-state index contributed by atoms with van der Waals surface area (Å²) in [5.41, 5.74) is 0.825. The van der Waals surface area contributed by atoms with Crippen molar-refractivity contribution in [2.45, 2.75) is 6.54 Å². The number of nitrogens with zero attached hydrogens (tertiary/aromatic N) is 3. The van der Waals surface area contributed by atoms with Gasteiger partial charge in [0.2, 0.25) is 11.8 Å². The number of aliphatic hydroxyl groups is 1. The van der Waals surface area contributed by atoms with Gasteiger partial charge in [0.1, 0.15) is 0 Å². The fraction of sp³-hybridized carbons (Fsp3) is 0.286. The third-order valence-corrected chi connectivity index (χ3v) is 2.97. The van der Waals surface area contributed by atoms with Gasteiger partial charge in [0.15, 0.2) is 0 Å². The summed E-state index contributed by atoms with van der Waals surface area (Å²) in [5, 5.41) is 17.7. The molecular weight excluding hydrogens is 278 g/mol. The van der Waals surface area contributed by atoms with Crippen LogP contribution in [0.5, 0.6) is 0 Å². The first-order valence-corrected chi connectivity index (χ1v) is 6.63. The van der Waals surface area contributed by atoms with Crippen molar-refractivity contribution < 1.29 is 9.52 Å². The van der Waals surface area contributed by atoms with Gasteiger partial charge in [-0.3, -0.25) is 4.90 Å². The van der Waals surface area contributed by atoms with Gasteiger partial charge < -0.3 is 9.52 Å². The topological polar surface area (TPSA) is 62.4 Å². The average molecular weight is 294 g/mol. The molecule has 0 atom stereocenters. The van der Waals surface area contributed by atoms with Crippen LogP contribution >= 0.6 is 11.6 Å². The van der Waals surface area contributed by atoms with Crippen LogP contribution in [0.15, 0.2) is 41.3 Å². The summed E-state index contributed by atoms with van der Waals surface area (Å²) in [4.78, 5) is 1.96. The molecule has 0 saturated heterocycles. The Bertz CT molecular complexity index is 554. The molecule has 2 rings (SSSR count). The van der Waals surface area contributed by atoms with E-state index in [9.17, 15) is 0 Å². The molecule has 0 unspecified atom stereocenters. The van der Waals surface area contributed by atoms with Crippen LogP contribution in [0.1, 0.15) is 5.89 Å². The van der Waals surface area contributed by atoms with Crippen LogP contribution < -0.4 is 0 Å². The summed E-state index contributed by atoms with van der Waals surface area (Å²) in [6.45, 7) is 5.42. The van der Waals surface area contributed by atoms with E-state index in [0.717, 1.165) is 5.56 Å². The van der Waals surface area contributed by atoms with Gasteiger partial charge in [0.25, 0.3) is 0 Å². The van der Waals surface area contributed by atoms with Crippen molar-refractivity contribution in [2.24, 2.45) is 0 Å². The lowest BCUT2D eigenvalue weighted by Crippen LogP contribution is -2.26. The summed E-state index contributed by atoms with van der Waals surface area (Å²) in [6.07, 6.45) is 1.77. The van der Waals surface area contributed by atoms with Crippen molar-refractivity contribution in [3.05, 3.63) is 47.8 Å². The average Bonchev–Trinajstić information content (AvgIpc) is 2.89. The molecule has 0 fully saturated rings. The molecule has 2 aromatic rings. The number of aromatic nitrogens is 2. The van der Waals surface area contributed by atoms with Gasteiger partial charge in [0, 0.05) is 23.7 Å². The quantitative estimate of drug-likeness (QED) is 0.794. The van der Waals surface area contributed by atoms with Gasteiger partial charge in [-0.05, 0) is 24.3 Å². The number of hydrogen-bond donors (Lipinski definition) is 1. The first kappa shape index (κ1) is 14.7. The second-order valence-electron chi connectivity index (χ2n) is 4.26. The number of rotatable bonds is 7. The van der Waals surface area contributed by atoms with E-state index in [1.54, 1.807) is 18.2 Å². The van der Waals surface area contributed by atoms with Crippen LogP contribution in [0.25, 0.3) is 11.5 Å². The molecule has 0 spiro atoms. The smallest absolute Gasteiger partial charge is 0.247 e. The Morgan fingerprint density at radius 2 is 2.05 bits per heavy atom. The minimum Gasteiger partial charge on any atom is -0.419 e. The molecule has 1 heterocycles. The third kappa shape index (κ3) is 3.90. The summed E-state index contributed by atoms with van der Waals surface area (Å²) in [5.74, 6) is 0.962. The highest BCUT2D eigenvalue weighted by atomic mass is 35.5. The Morgan fingerprint density at radius 3 is 2.70 bits per heavy atom. The molecule has 6 heteroatoms. The van der Waals surface area contributed by atoms with Gasteiger partial charge in [-0.25, -0.2) is 0 Å². The van der Waals surface area contributed by atoms with Gasteiger partial charge in [-0.15, -0.1) is 16.8 Å². The van der Waals surface area contributed by atoms with Crippen LogP contribution in [-0.2, 0) is 6.54 Å². The minimum absolute atomic E-state index is 0.0754. The molecular formula is C14H16ClN3O2. The Kier molecular flexibility index (Phi) is 5.29. The zero-order valence-electron chi connectivity index (χ0n) is 11.0. The van der Waals surface area contributed by atoms with Crippen LogP contribution in [-0.4, -0.2) is 39.9 Å². The molecule has 0 saturated carbocycles. The fourth-order valence-corrected chi connectivity index (χ4v) is 1.90. The lowest BCUT2D eigenvalue weighted by atomic mass is 10.2. The summed E-state index contributed by atoms with van der Waals surface area (Å²) in [6, 6.07) is 7.21. The largest absolute Gasteiger partial charge is 0.419 e. The molecule has 0 amide bonds. The molecule has 20 heavy (non-hydrogen) atoms. The van der Waals surface area contributed by atoms with E-state index in [-0.39, 0.29) is 6.61 Å². The predicted molar refractivity (Wildman–Crippen MR) is 77.3 cm³/mol. The van der Waals surface area contributed by atoms with Crippen molar-refractivity contribution in [1.82, 2.24) is 15.1 Å².